The number of aromatic nitrogens is 1. The molecule has 3 aromatic rings. The summed E-state index contributed by atoms with van der Waals surface area (Å²) in [5.74, 6) is 0.323. The summed E-state index contributed by atoms with van der Waals surface area (Å²) in [7, 11) is 1.54. The van der Waals surface area contributed by atoms with Crippen LogP contribution in [-0.2, 0) is 13.1 Å². The summed E-state index contributed by atoms with van der Waals surface area (Å²) in [5.41, 5.74) is 1.75. The van der Waals surface area contributed by atoms with Crippen LogP contribution in [0.4, 0.5) is 10.1 Å². The molecule has 2 aromatic carbocycles. The maximum atomic E-state index is 13.0. The number of amides is 1. The van der Waals surface area contributed by atoms with Crippen molar-refractivity contribution >= 4 is 11.6 Å². The Morgan fingerprint density at radius 2 is 1.81 bits per heavy atom. The second-order valence-corrected chi connectivity index (χ2v) is 7.65. The van der Waals surface area contributed by atoms with E-state index in [1.807, 2.05) is 12.1 Å². The van der Waals surface area contributed by atoms with Gasteiger partial charge in [-0.05, 0) is 42.0 Å². The van der Waals surface area contributed by atoms with Gasteiger partial charge in [0.1, 0.15) is 12.1 Å². The molecule has 0 radical (unpaired) electrons. The van der Waals surface area contributed by atoms with E-state index in [1.54, 1.807) is 6.07 Å². The first-order valence-electron chi connectivity index (χ1n) is 10.3. The van der Waals surface area contributed by atoms with Gasteiger partial charge in [0, 0.05) is 38.4 Å². The number of carbonyl (C=O) groups excluding carboxylic acids is 1. The predicted molar refractivity (Wildman–Crippen MR) is 116 cm³/mol. The molecular formula is C23H25FN4O4. The SMILES string of the molecule is COc1cc(CN2CCN(Cc3nc(C(=O)Nc4ccc(F)cc4)co3)CC2)ccc1O. The van der Waals surface area contributed by atoms with E-state index < -0.39 is 5.91 Å². The molecule has 1 aromatic heterocycles. The molecule has 168 valence electrons. The van der Waals surface area contributed by atoms with Gasteiger partial charge >= 0.3 is 0 Å². The molecule has 0 spiro atoms. The maximum Gasteiger partial charge on any atom is 0.277 e. The van der Waals surface area contributed by atoms with Crippen molar-refractivity contribution in [3.63, 3.8) is 0 Å². The number of hydrogen-bond donors (Lipinski definition) is 2. The second kappa shape index (κ2) is 9.80. The third-order valence-electron chi connectivity index (χ3n) is 5.36. The van der Waals surface area contributed by atoms with Crippen LogP contribution in [0.5, 0.6) is 11.5 Å². The third-order valence-corrected chi connectivity index (χ3v) is 5.36. The second-order valence-electron chi connectivity index (χ2n) is 7.65. The van der Waals surface area contributed by atoms with E-state index in [0.717, 1.165) is 38.3 Å². The van der Waals surface area contributed by atoms with Crippen molar-refractivity contribution in [3.05, 3.63) is 71.7 Å². The zero-order valence-electron chi connectivity index (χ0n) is 17.8. The minimum Gasteiger partial charge on any atom is -0.504 e. The molecule has 0 saturated carbocycles. The van der Waals surface area contributed by atoms with E-state index in [1.165, 1.54) is 37.6 Å². The molecule has 2 N–H and O–H groups in total. The fourth-order valence-electron chi connectivity index (χ4n) is 3.59. The van der Waals surface area contributed by atoms with Crippen LogP contribution in [0.2, 0.25) is 0 Å². The number of anilines is 1. The molecule has 1 saturated heterocycles. The molecule has 4 rings (SSSR count). The van der Waals surface area contributed by atoms with E-state index in [-0.39, 0.29) is 17.3 Å². The largest absolute Gasteiger partial charge is 0.504 e. The molecule has 1 aliphatic heterocycles. The number of hydrogen-bond acceptors (Lipinski definition) is 7. The number of halogens is 1. The number of methoxy groups -OCH3 is 1. The average Bonchev–Trinajstić information content (AvgIpc) is 3.26. The maximum absolute atomic E-state index is 13.0. The van der Waals surface area contributed by atoms with Crippen LogP contribution in [0.1, 0.15) is 21.9 Å². The Bertz CT molecular complexity index is 1060. The molecule has 1 aliphatic rings. The van der Waals surface area contributed by atoms with Gasteiger partial charge in [-0.2, -0.15) is 0 Å². The van der Waals surface area contributed by atoms with Crippen LogP contribution in [0.25, 0.3) is 0 Å². The van der Waals surface area contributed by atoms with Gasteiger partial charge in [0.05, 0.1) is 13.7 Å². The summed E-state index contributed by atoms with van der Waals surface area (Å²) in [6.07, 6.45) is 1.34. The van der Waals surface area contributed by atoms with Crippen LogP contribution in [0, 0.1) is 5.82 Å². The van der Waals surface area contributed by atoms with Crippen molar-refractivity contribution in [1.29, 1.82) is 0 Å². The minimum absolute atomic E-state index is 0.137. The van der Waals surface area contributed by atoms with E-state index >= 15 is 0 Å². The topological polar surface area (TPSA) is 91.1 Å². The van der Waals surface area contributed by atoms with E-state index in [0.29, 0.717) is 23.9 Å². The number of nitrogens with zero attached hydrogens (tertiary/aromatic N) is 3. The van der Waals surface area contributed by atoms with Gasteiger partial charge in [-0.25, -0.2) is 9.37 Å². The molecule has 8 nitrogen and oxygen atoms in total. The van der Waals surface area contributed by atoms with Gasteiger partial charge in [-0.1, -0.05) is 6.07 Å². The molecule has 1 fully saturated rings. The number of oxazole rings is 1. The van der Waals surface area contributed by atoms with Gasteiger partial charge < -0.3 is 19.6 Å². The first kappa shape index (κ1) is 21.8. The summed E-state index contributed by atoms with van der Waals surface area (Å²) in [6.45, 7) is 4.73. The first-order valence-corrected chi connectivity index (χ1v) is 10.3. The number of carbonyl (C=O) groups is 1. The molecule has 32 heavy (non-hydrogen) atoms. The molecule has 0 aliphatic carbocycles. The Labute approximate surface area is 185 Å². The highest BCUT2D eigenvalue weighted by Gasteiger charge is 2.20. The van der Waals surface area contributed by atoms with Crippen LogP contribution in [0.15, 0.2) is 53.1 Å². The molecule has 9 heteroatoms. The Hall–Kier alpha value is -3.43. The number of piperazine rings is 1. The van der Waals surface area contributed by atoms with E-state index in [9.17, 15) is 14.3 Å². The van der Waals surface area contributed by atoms with Gasteiger partial charge in [0.2, 0.25) is 5.89 Å². The molecular weight excluding hydrogens is 415 g/mol. The first-order chi connectivity index (χ1) is 15.5. The Morgan fingerprint density at radius 1 is 1.12 bits per heavy atom. The number of phenolic OH excluding ortho intramolecular Hbond substituents is 1. The highest BCUT2D eigenvalue weighted by atomic mass is 19.1. The molecule has 0 unspecified atom stereocenters. The van der Waals surface area contributed by atoms with E-state index in [4.69, 9.17) is 9.15 Å². The smallest absolute Gasteiger partial charge is 0.277 e. The van der Waals surface area contributed by atoms with E-state index in [2.05, 4.69) is 20.1 Å². The number of phenols is 1. The fraction of sp³-hybridized carbons (Fsp3) is 0.304. The van der Waals surface area contributed by atoms with Gasteiger partial charge in [-0.3, -0.25) is 14.6 Å². The van der Waals surface area contributed by atoms with Crippen LogP contribution >= 0.6 is 0 Å². The minimum atomic E-state index is -0.402. The van der Waals surface area contributed by atoms with Gasteiger partial charge in [0.15, 0.2) is 17.2 Å². The highest BCUT2D eigenvalue weighted by molar-refractivity contribution is 6.02. The fourth-order valence-corrected chi connectivity index (χ4v) is 3.59. The standard InChI is InChI=1S/C23H25FN4O4/c1-31-21-12-16(2-7-20(21)29)13-27-8-10-28(11-9-27)14-22-26-19(15-32-22)23(30)25-18-5-3-17(24)4-6-18/h2-7,12,15,29H,8-11,13-14H2,1H3,(H,25,30). The lowest BCUT2D eigenvalue weighted by atomic mass is 10.1. The zero-order chi connectivity index (χ0) is 22.5. The molecule has 2 heterocycles. The van der Waals surface area contributed by atoms with Crippen LogP contribution in [0.3, 0.4) is 0 Å². The monoisotopic (exact) mass is 440 g/mol. The Balaban J connectivity index is 1.26. The van der Waals surface area contributed by atoms with Crippen molar-refractivity contribution in [2.75, 3.05) is 38.6 Å². The van der Waals surface area contributed by atoms with Crippen molar-refractivity contribution in [2.24, 2.45) is 0 Å². The third kappa shape index (κ3) is 5.43. The lowest BCUT2D eigenvalue weighted by Gasteiger charge is -2.34. The Kier molecular flexibility index (Phi) is 6.67. The van der Waals surface area contributed by atoms with Gasteiger partial charge in [0.25, 0.3) is 5.91 Å². The molecule has 0 bridgehead atoms. The number of rotatable bonds is 7. The Morgan fingerprint density at radius 3 is 2.50 bits per heavy atom. The van der Waals surface area contributed by atoms with Crippen molar-refractivity contribution in [2.45, 2.75) is 13.1 Å². The predicted octanol–water partition coefficient (Wildman–Crippen LogP) is 3.10. The normalized spacial score (nSPS) is 14.9. The number of benzene rings is 2. The van der Waals surface area contributed by atoms with Gasteiger partial charge in [-0.15, -0.1) is 0 Å². The zero-order valence-corrected chi connectivity index (χ0v) is 17.8. The summed E-state index contributed by atoms with van der Waals surface area (Å²) < 4.78 is 23.6. The quantitative estimate of drug-likeness (QED) is 0.583. The summed E-state index contributed by atoms with van der Waals surface area (Å²) in [5, 5.41) is 12.4. The van der Waals surface area contributed by atoms with Crippen molar-refractivity contribution in [1.82, 2.24) is 14.8 Å². The lowest BCUT2D eigenvalue weighted by molar-refractivity contribution is 0.102. The van der Waals surface area contributed by atoms with Crippen LogP contribution < -0.4 is 10.1 Å². The number of ether oxygens (including phenoxy) is 1. The van der Waals surface area contributed by atoms with Crippen molar-refractivity contribution < 1.29 is 23.4 Å². The van der Waals surface area contributed by atoms with Crippen molar-refractivity contribution in [3.8, 4) is 11.5 Å². The van der Waals surface area contributed by atoms with Crippen LogP contribution in [-0.4, -0.2) is 59.1 Å². The highest BCUT2D eigenvalue weighted by Crippen LogP contribution is 2.27. The molecule has 1 amide bonds. The summed E-state index contributed by atoms with van der Waals surface area (Å²) in [4.78, 5) is 21.2. The summed E-state index contributed by atoms with van der Waals surface area (Å²) in [6, 6.07) is 10.9. The lowest BCUT2D eigenvalue weighted by Crippen LogP contribution is -2.45. The number of nitrogens with one attached hydrogen (secondary N) is 1. The average molecular weight is 440 g/mol. The summed E-state index contributed by atoms with van der Waals surface area (Å²) >= 11 is 0. The number of aromatic hydroxyl groups is 1. The molecule has 0 atom stereocenters.